The summed E-state index contributed by atoms with van der Waals surface area (Å²) in [4.78, 5) is 23.8. The molecule has 1 aromatic heterocycles. The molecule has 0 unspecified atom stereocenters. The fourth-order valence-electron chi connectivity index (χ4n) is 3.77. The van der Waals surface area contributed by atoms with Gasteiger partial charge in [0, 0.05) is 23.4 Å². The third kappa shape index (κ3) is 4.06. The average molecular weight is 389 g/mol. The molecule has 0 radical (unpaired) electrons. The van der Waals surface area contributed by atoms with Gasteiger partial charge in [0.25, 0.3) is 5.91 Å². The Labute approximate surface area is 169 Å². The summed E-state index contributed by atoms with van der Waals surface area (Å²) in [6, 6.07) is 15.4. The Kier molecular flexibility index (Phi) is 5.16. The van der Waals surface area contributed by atoms with Crippen molar-refractivity contribution in [3.63, 3.8) is 0 Å². The summed E-state index contributed by atoms with van der Waals surface area (Å²) in [6.07, 6.45) is 3.27. The number of nitrogens with one attached hydrogen (secondary N) is 1. The highest BCUT2D eigenvalue weighted by molar-refractivity contribution is 6.04. The number of amides is 1. The zero-order valence-corrected chi connectivity index (χ0v) is 16.3. The van der Waals surface area contributed by atoms with Gasteiger partial charge >= 0.3 is 5.97 Å². The van der Waals surface area contributed by atoms with Gasteiger partial charge in [-0.15, -0.1) is 0 Å². The summed E-state index contributed by atoms with van der Waals surface area (Å²) >= 11 is 0. The fraction of sp³-hybridized carbons (Fsp3) is 0.261. The van der Waals surface area contributed by atoms with Crippen molar-refractivity contribution in [1.82, 2.24) is 9.78 Å². The van der Waals surface area contributed by atoms with Crippen molar-refractivity contribution in [2.24, 2.45) is 0 Å². The van der Waals surface area contributed by atoms with Gasteiger partial charge in [-0.05, 0) is 62.4 Å². The highest BCUT2D eigenvalue weighted by Gasteiger charge is 2.27. The zero-order chi connectivity index (χ0) is 20.4. The summed E-state index contributed by atoms with van der Waals surface area (Å²) in [5.41, 5.74) is 6.25. The van der Waals surface area contributed by atoms with Crippen LogP contribution < -0.4 is 5.32 Å². The van der Waals surface area contributed by atoms with Crippen molar-refractivity contribution in [2.45, 2.75) is 39.0 Å². The van der Waals surface area contributed by atoms with Gasteiger partial charge in [-0.25, -0.2) is 4.68 Å². The molecule has 148 valence electrons. The molecule has 4 rings (SSSR count). The van der Waals surface area contributed by atoms with Crippen molar-refractivity contribution < 1.29 is 14.7 Å². The average Bonchev–Trinajstić information content (AvgIpc) is 3.30. The van der Waals surface area contributed by atoms with Gasteiger partial charge in [-0.2, -0.15) is 5.10 Å². The first-order chi connectivity index (χ1) is 14.0. The molecular formula is C23H23N3O3. The first-order valence-corrected chi connectivity index (χ1v) is 9.81. The number of fused-ring (bicyclic) bond motifs is 1. The lowest BCUT2D eigenvalue weighted by atomic mass is 10.1. The molecule has 1 heterocycles. The minimum atomic E-state index is -0.836. The Morgan fingerprint density at radius 3 is 2.69 bits per heavy atom. The second-order valence-corrected chi connectivity index (χ2v) is 7.42. The monoisotopic (exact) mass is 389 g/mol. The van der Waals surface area contributed by atoms with E-state index in [-0.39, 0.29) is 12.3 Å². The number of rotatable bonds is 6. The van der Waals surface area contributed by atoms with E-state index in [4.69, 9.17) is 5.11 Å². The Bertz CT molecular complexity index is 1070. The number of hydrogen-bond acceptors (Lipinski definition) is 3. The lowest BCUT2D eigenvalue weighted by Gasteiger charge is -2.07. The van der Waals surface area contributed by atoms with Crippen LogP contribution in [0.15, 0.2) is 48.5 Å². The largest absolute Gasteiger partial charge is 0.481 e. The highest BCUT2D eigenvalue weighted by atomic mass is 16.4. The van der Waals surface area contributed by atoms with E-state index in [0.717, 1.165) is 41.8 Å². The molecule has 1 aliphatic carbocycles. The summed E-state index contributed by atoms with van der Waals surface area (Å²) < 4.78 is 1.89. The van der Waals surface area contributed by atoms with Crippen LogP contribution in [0.1, 0.15) is 45.7 Å². The predicted octanol–water partition coefficient (Wildman–Crippen LogP) is 3.94. The number of carboxylic acid groups (broad SMARTS) is 1. The van der Waals surface area contributed by atoms with Crippen LogP contribution in [-0.4, -0.2) is 26.8 Å². The quantitative estimate of drug-likeness (QED) is 0.669. The fourth-order valence-corrected chi connectivity index (χ4v) is 3.77. The lowest BCUT2D eigenvalue weighted by molar-refractivity contribution is -0.136. The summed E-state index contributed by atoms with van der Waals surface area (Å²) in [7, 11) is 0. The molecule has 2 N–H and O–H groups in total. The molecule has 0 spiro atoms. The van der Waals surface area contributed by atoms with Crippen LogP contribution in [0, 0.1) is 6.92 Å². The number of benzene rings is 2. The van der Waals surface area contributed by atoms with Crippen LogP contribution in [0.5, 0.6) is 0 Å². The minimum Gasteiger partial charge on any atom is -0.481 e. The smallest absolute Gasteiger partial charge is 0.303 e. The predicted molar refractivity (Wildman–Crippen MR) is 111 cm³/mol. The molecule has 6 nitrogen and oxygen atoms in total. The number of anilines is 1. The maximum Gasteiger partial charge on any atom is 0.303 e. The Morgan fingerprint density at radius 1 is 1.14 bits per heavy atom. The summed E-state index contributed by atoms with van der Waals surface area (Å²) in [5, 5.41) is 16.4. The summed E-state index contributed by atoms with van der Waals surface area (Å²) in [6.45, 7) is 2.04. The second kappa shape index (κ2) is 7.91. The molecule has 3 aromatic rings. The van der Waals surface area contributed by atoms with Gasteiger partial charge in [-0.3, -0.25) is 9.59 Å². The lowest BCUT2D eigenvalue weighted by Crippen LogP contribution is -2.15. The second-order valence-electron chi connectivity index (χ2n) is 7.42. The van der Waals surface area contributed by atoms with Crippen molar-refractivity contribution in [3.05, 3.63) is 76.6 Å². The first-order valence-electron chi connectivity index (χ1n) is 9.81. The Balaban J connectivity index is 1.58. The van der Waals surface area contributed by atoms with E-state index in [1.54, 1.807) is 6.07 Å². The van der Waals surface area contributed by atoms with Crippen molar-refractivity contribution in [1.29, 1.82) is 0 Å². The normalized spacial score (nSPS) is 12.6. The number of carbonyl (C=O) groups is 2. The van der Waals surface area contributed by atoms with E-state index in [9.17, 15) is 9.59 Å². The van der Waals surface area contributed by atoms with Gasteiger partial charge in [0.2, 0.25) is 0 Å². The minimum absolute atomic E-state index is 0.0614. The molecule has 29 heavy (non-hydrogen) atoms. The molecule has 0 saturated carbocycles. The zero-order valence-electron chi connectivity index (χ0n) is 16.3. The maximum atomic E-state index is 13.0. The standard InChI is InChI=1S/C23H23N3O3/c1-15-8-11-18(12-9-15)26-20-7-3-6-19(20)22(25-26)23(29)24-17-5-2-4-16(14-17)10-13-21(27)28/h2,4-5,8-9,11-12,14H,3,6-7,10,13H2,1H3,(H,24,29)(H,27,28). The number of aromatic nitrogens is 2. The van der Waals surface area contributed by atoms with E-state index in [1.165, 1.54) is 5.56 Å². The van der Waals surface area contributed by atoms with Crippen LogP contribution in [0.4, 0.5) is 5.69 Å². The molecule has 0 saturated heterocycles. The number of carboxylic acids is 1. The number of hydrogen-bond donors (Lipinski definition) is 2. The molecule has 6 heteroatoms. The molecule has 1 amide bonds. The van der Waals surface area contributed by atoms with Gasteiger partial charge in [0.1, 0.15) is 0 Å². The molecule has 0 fully saturated rings. The van der Waals surface area contributed by atoms with Crippen molar-refractivity contribution in [2.75, 3.05) is 5.32 Å². The maximum absolute atomic E-state index is 13.0. The van der Waals surface area contributed by atoms with E-state index < -0.39 is 5.97 Å². The van der Waals surface area contributed by atoms with Gasteiger partial charge in [0.05, 0.1) is 5.69 Å². The van der Waals surface area contributed by atoms with Crippen LogP contribution in [0.3, 0.4) is 0 Å². The van der Waals surface area contributed by atoms with Crippen LogP contribution in [0.25, 0.3) is 5.69 Å². The van der Waals surface area contributed by atoms with Crippen molar-refractivity contribution in [3.8, 4) is 5.69 Å². The van der Waals surface area contributed by atoms with E-state index in [1.807, 2.05) is 54.1 Å². The molecular weight excluding hydrogens is 366 g/mol. The van der Waals surface area contributed by atoms with E-state index >= 15 is 0 Å². The third-order valence-electron chi connectivity index (χ3n) is 5.24. The topological polar surface area (TPSA) is 84.2 Å². The summed E-state index contributed by atoms with van der Waals surface area (Å²) in [5.74, 6) is -1.07. The molecule has 2 aromatic carbocycles. The van der Waals surface area contributed by atoms with E-state index in [0.29, 0.717) is 17.8 Å². The van der Waals surface area contributed by atoms with Crippen LogP contribution in [-0.2, 0) is 24.1 Å². The first kappa shape index (κ1) is 18.9. The number of carbonyl (C=O) groups excluding carboxylic acids is 1. The SMILES string of the molecule is Cc1ccc(-n2nc(C(=O)Nc3cccc(CCC(=O)O)c3)c3c2CCC3)cc1. The molecule has 0 atom stereocenters. The molecule has 0 aliphatic heterocycles. The third-order valence-corrected chi connectivity index (χ3v) is 5.24. The number of aliphatic carboxylic acids is 1. The van der Waals surface area contributed by atoms with Crippen LogP contribution in [0.2, 0.25) is 0 Å². The van der Waals surface area contributed by atoms with Crippen LogP contribution >= 0.6 is 0 Å². The van der Waals surface area contributed by atoms with Gasteiger partial charge in [0.15, 0.2) is 5.69 Å². The Morgan fingerprint density at radius 2 is 1.93 bits per heavy atom. The number of aryl methyl sites for hydroxylation is 2. The van der Waals surface area contributed by atoms with Gasteiger partial charge < -0.3 is 10.4 Å². The highest BCUT2D eigenvalue weighted by Crippen LogP contribution is 2.28. The van der Waals surface area contributed by atoms with Gasteiger partial charge in [-0.1, -0.05) is 29.8 Å². The molecule has 1 aliphatic rings. The molecule has 0 bridgehead atoms. The van der Waals surface area contributed by atoms with E-state index in [2.05, 4.69) is 10.4 Å². The number of nitrogens with zero attached hydrogens (tertiary/aromatic N) is 2. The van der Waals surface area contributed by atoms with Crippen molar-refractivity contribution >= 4 is 17.6 Å². The Hall–Kier alpha value is -3.41.